The molecule has 0 bridgehead atoms. The number of nitrogens with zero attached hydrogens (tertiary/aromatic N) is 1. The second-order valence-electron chi connectivity index (χ2n) is 2.87. The van der Waals surface area contributed by atoms with Crippen LogP contribution in [0.4, 0.5) is 0 Å². The molecule has 0 unspecified atom stereocenters. The second kappa shape index (κ2) is 4.33. The summed E-state index contributed by atoms with van der Waals surface area (Å²) in [4.78, 5) is 4.00. The van der Waals surface area contributed by atoms with Gasteiger partial charge >= 0.3 is 6.08 Å². The fourth-order valence-corrected chi connectivity index (χ4v) is 1.24. The molecule has 5 heteroatoms. The maximum Gasteiger partial charge on any atom is 0.399 e. The number of nitrogens with two attached hydrogens (primary N) is 1. The van der Waals surface area contributed by atoms with Crippen molar-refractivity contribution in [1.82, 2.24) is 4.98 Å². The lowest BCUT2D eigenvalue weighted by atomic mass is 10.3. The monoisotopic (exact) mass is 224 g/mol. The minimum absolute atomic E-state index is 0.165. The lowest BCUT2D eigenvalue weighted by Crippen LogP contribution is -1.95. The fraction of sp³-hybridized carbons (Fsp3) is 0.100. The van der Waals surface area contributed by atoms with Gasteiger partial charge in [0.1, 0.15) is 12.0 Å². The third kappa shape index (κ3) is 2.49. The molecule has 78 valence electrons. The van der Waals surface area contributed by atoms with Crippen LogP contribution >= 0.6 is 11.6 Å². The van der Waals surface area contributed by atoms with Crippen LogP contribution in [0.25, 0.3) is 0 Å². The zero-order valence-electron chi connectivity index (χ0n) is 7.81. The molecule has 1 aromatic heterocycles. The van der Waals surface area contributed by atoms with Crippen molar-refractivity contribution in [2.45, 2.75) is 6.54 Å². The summed E-state index contributed by atoms with van der Waals surface area (Å²) < 4.78 is 10.4. The summed E-state index contributed by atoms with van der Waals surface area (Å²) in [5.41, 5.74) is 6.03. The van der Waals surface area contributed by atoms with Crippen LogP contribution in [0.5, 0.6) is 11.8 Å². The summed E-state index contributed by atoms with van der Waals surface area (Å²) in [6, 6.07) is 6.98. The number of hydrogen-bond acceptors (Lipinski definition) is 4. The van der Waals surface area contributed by atoms with E-state index in [2.05, 4.69) is 4.98 Å². The van der Waals surface area contributed by atoms with Gasteiger partial charge in [0, 0.05) is 11.6 Å². The molecule has 0 atom stereocenters. The Bertz CT molecular complexity index is 456. The van der Waals surface area contributed by atoms with Crippen LogP contribution in [-0.4, -0.2) is 4.98 Å². The Morgan fingerprint density at radius 1 is 1.47 bits per heavy atom. The van der Waals surface area contributed by atoms with E-state index in [0.717, 1.165) is 0 Å². The number of hydrogen-bond donors (Lipinski definition) is 1. The zero-order valence-corrected chi connectivity index (χ0v) is 8.57. The Kier molecular flexibility index (Phi) is 2.89. The first-order valence-electron chi connectivity index (χ1n) is 4.36. The Morgan fingerprint density at radius 3 is 3.00 bits per heavy atom. The van der Waals surface area contributed by atoms with Gasteiger partial charge in [0.15, 0.2) is 0 Å². The lowest BCUT2D eigenvalue weighted by molar-refractivity contribution is 0.331. The van der Waals surface area contributed by atoms with Crippen LogP contribution in [0.3, 0.4) is 0 Å². The van der Waals surface area contributed by atoms with Crippen molar-refractivity contribution in [2.75, 3.05) is 0 Å². The molecule has 0 fully saturated rings. The molecule has 4 nitrogen and oxygen atoms in total. The topological polar surface area (TPSA) is 61.3 Å². The summed E-state index contributed by atoms with van der Waals surface area (Å²) in [7, 11) is 0. The number of ether oxygens (including phenoxy) is 1. The minimum atomic E-state index is 0.165. The first kappa shape index (κ1) is 10.0. The van der Waals surface area contributed by atoms with Crippen LogP contribution in [0, 0.1) is 0 Å². The molecular weight excluding hydrogens is 216 g/mol. The van der Waals surface area contributed by atoms with Gasteiger partial charge in [-0.1, -0.05) is 17.7 Å². The van der Waals surface area contributed by atoms with E-state index in [1.54, 1.807) is 24.3 Å². The fourth-order valence-electron chi connectivity index (χ4n) is 1.06. The van der Waals surface area contributed by atoms with Crippen molar-refractivity contribution in [3.8, 4) is 11.8 Å². The first-order chi connectivity index (χ1) is 7.28. The molecule has 15 heavy (non-hydrogen) atoms. The summed E-state index contributed by atoms with van der Waals surface area (Å²) >= 11 is 5.79. The Hall–Kier alpha value is -1.52. The standard InChI is InChI=1S/C10H9ClN2O2/c11-7-2-1-3-9(4-7)15-10-13-8(5-12)6-14-10/h1-4,6H,5,12H2. The van der Waals surface area contributed by atoms with E-state index >= 15 is 0 Å². The van der Waals surface area contributed by atoms with Gasteiger partial charge in [-0.25, -0.2) is 0 Å². The van der Waals surface area contributed by atoms with E-state index in [9.17, 15) is 0 Å². The van der Waals surface area contributed by atoms with Gasteiger partial charge in [0.05, 0.1) is 5.69 Å². The molecule has 0 radical (unpaired) electrons. The average molecular weight is 225 g/mol. The first-order valence-corrected chi connectivity index (χ1v) is 4.73. The number of halogens is 1. The van der Waals surface area contributed by atoms with Crippen molar-refractivity contribution in [3.63, 3.8) is 0 Å². The van der Waals surface area contributed by atoms with Gasteiger partial charge in [0.2, 0.25) is 0 Å². The SMILES string of the molecule is NCc1coc(Oc2cccc(Cl)c2)n1. The molecule has 1 heterocycles. The summed E-state index contributed by atoms with van der Waals surface area (Å²) in [5, 5.41) is 0.595. The maximum absolute atomic E-state index is 5.79. The largest absolute Gasteiger partial charge is 0.417 e. The van der Waals surface area contributed by atoms with E-state index in [4.69, 9.17) is 26.5 Å². The van der Waals surface area contributed by atoms with Crippen LogP contribution in [-0.2, 0) is 6.54 Å². The lowest BCUT2D eigenvalue weighted by Gasteiger charge is -1.99. The van der Waals surface area contributed by atoms with Crippen molar-refractivity contribution >= 4 is 11.6 Å². The predicted molar refractivity (Wildman–Crippen MR) is 55.9 cm³/mol. The maximum atomic E-state index is 5.79. The van der Waals surface area contributed by atoms with Crippen LogP contribution < -0.4 is 10.5 Å². The van der Waals surface area contributed by atoms with Crippen molar-refractivity contribution in [1.29, 1.82) is 0 Å². The van der Waals surface area contributed by atoms with Crippen molar-refractivity contribution in [3.05, 3.63) is 41.2 Å². The molecule has 0 saturated carbocycles. The number of aromatic nitrogens is 1. The summed E-state index contributed by atoms with van der Waals surface area (Å²) in [6.45, 7) is 0.322. The smallest absolute Gasteiger partial charge is 0.399 e. The predicted octanol–water partition coefficient (Wildman–Crippen LogP) is 2.58. The van der Waals surface area contributed by atoms with Gasteiger partial charge in [-0.3, -0.25) is 0 Å². The number of oxazole rings is 1. The van der Waals surface area contributed by atoms with Crippen LogP contribution in [0.1, 0.15) is 5.69 Å². The van der Waals surface area contributed by atoms with E-state index in [1.807, 2.05) is 0 Å². The van der Waals surface area contributed by atoms with E-state index in [-0.39, 0.29) is 6.08 Å². The van der Waals surface area contributed by atoms with Crippen LogP contribution in [0.15, 0.2) is 34.9 Å². The highest BCUT2D eigenvalue weighted by Crippen LogP contribution is 2.23. The van der Waals surface area contributed by atoms with E-state index in [0.29, 0.717) is 23.0 Å². The molecular formula is C10H9ClN2O2. The molecule has 2 N–H and O–H groups in total. The van der Waals surface area contributed by atoms with Crippen molar-refractivity contribution in [2.24, 2.45) is 5.73 Å². The highest BCUT2D eigenvalue weighted by molar-refractivity contribution is 6.30. The average Bonchev–Trinajstić information content (AvgIpc) is 2.65. The number of benzene rings is 1. The Labute approximate surface area is 91.6 Å². The molecule has 0 amide bonds. The third-order valence-electron chi connectivity index (χ3n) is 1.74. The molecule has 2 aromatic rings. The molecule has 0 aliphatic carbocycles. The third-order valence-corrected chi connectivity index (χ3v) is 1.98. The molecule has 1 aromatic carbocycles. The second-order valence-corrected chi connectivity index (χ2v) is 3.30. The van der Waals surface area contributed by atoms with Gasteiger partial charge in [-0.05, 0) is 18.2 Å². The number of rotatable bonds is 3. The van der Waals surface area contributed by atoms with Crippen LogP contribution in [0.2, 0.25) is 5.02 Å². The van der Waals surface area contributed by atoms with Gasteiger partial charge < -0.3 is 14.9 Å². The van der Waals surface area contributed by atoms with Crippen molar-refractivity contribution < 1.29 is 9.15 Å². The van der Waals surface area contributed by atoms with Gasteiger partial charge in [-0.15, -0.1) is 0 Å². The highest BCUT2D eigenvalue weighted by Gasteiger charge is 2.05. The Morgan fingerprint density at radius 2 is 2.33 bits per heavy atom. The van der Waals surface area contributed by atoms with Gasteiger partial charge in [0.25, 0.3) is 0 Å². The molecule has 0 aliphatic rings. The highest BCUT2D eigenvalue weighted by atomic mass is 35.5. The minimum Gasteiger partial charge on any atom is -0.417 e. The van der Waals surface area contributed by atoms with Gasteiger partial charge in [-0.2, -0.15) is 4.98 Å². The molecule has 0 saturated heterocycles. The summed E-state index contributed by atoms with van der Waals surface area (Å²) in [5.74, 6) is 0.577. The molecule has 0 spiro atoms. The van der Waals surface area contributed by atoms with E-state index in [1.165, 1.54) is 6.26 Å². The Balaban J connectivity index is 2.14. The quantitative estimate of drug-likeness (QED) is 0.871. The molecule has 0 aliphatic heterocycles. The zero-order chi connectivity index (χ0) is 10.7. The summed E-state index contributed by atoms with van der Waals surface area (Å²) in [6.07, 6.45) is 1.62. The van der Waals surface area contributed by atoms with E-state index < -0.39 is 0 Å². The molecule has 2 rings (SSSR count). The normalized spacial score (nSPS) is 10.3.